The van der Waals surface area contributed by atoms with Crippen LogP contribution in [0.1, 0.15) is 25.7 Å². The molecule has 1 heterocycles. The molecule has 0 amide bonds. The van der Waals surface area contributed by atoms with E-state index < -0.39 is 0 Å². The molecule has 16 heavy (non-hydrogen) atoms. The summed E-state index contributed by atoms with van der Waals surface area (Å²) in [5, 5.41) is 0. The predicted molar refractivity (Wildman–Crippen MR) is 64.0 cm³/mol. The van der Waals surface area contributed by atoms with Crippen LogP contribution >= 0.6 is 0 Å². The van der Waals surface area contributed by atoms with E-state index >= 15 is 0 Å². The van der Waals surface area contributed by atoms with Crippen LogP contribution in [0.15, 0.2) is 12.3 Å². The van der Waals surface area contributed by atoms with Gasteiger partial charge in [-0.2, -0.15) is 0 Å². The standard InChI is InChI=1S/C11H20N4O/c1-4-16-8-7-15(3)9(2)11-13-6-5-10(12)14-11/h5-6,9H,4,7-8H2,1-3H3,(H2,12,13,14)/t9-/m1/s1. The van der Waals surface area contributed by atoms with Crippen molar-refractivity contribution in [2.45, 2.75) is 19.9 Å². The Balaban J connectivity index is 2.52. The third-order valence-corrected chi connectivity index (χ3v) is 2.52. The fourth-order valence-electron chi connectivity index (χ4n) is 1.33. The second kappa shape index (κ2) is 6.40. The topological polar surface area (TPSA) is 64.3 Å². The lowest BCUT2D eigenvalue weighted by atomic mass is 10.2. The number of nitrogens with zero attached hydrogens (tertiary/aromatic N) is 3. The van der Waals surface area contributed by atoms with Crippen molar-refractivity contribution < 1.29 is 4.74 Å². The summed E-state index contributed by atoms with van der Waals surface area (Å²) in [6.45, 7) is 6.37. The van der Waals surface area contributed by atoms with Gasteiger partial charge in [0.05, 0.1) is 12.6 Å². The molecule has 5 nitrogen and oxygen atoms in total. The van der Waals surface area contributed by atoms with E-state index in [1.165, 1.54) is 0 Å². The maximum absolute atomic E-state index is 5.62. The summed E-state index contributed by atoms with van der Waals surface area (Å²) in [5.41, 5.74) is 5.62. The molecule has 1 aromatic heterocycles. The Labute approximate surface area is 96.6 Å². The monoisotopic (exact) mass is 224 g/mol. The number of nitrogens with two attached hydrogens (primary N) is 1. The Hall–Kier alpha value is -1.20. The van der Waals surface area contributed by atoms with Gasteiger partial charge in [-0.05, 0) is 27.0 Å². The second-order valence-electron chi connectivity index (χ2n) is 3.69. The highest BCUT2D eigenvalue weighted by molar-refractivity contribution is 5.25. The summed E-state index contributed by atoms with van der Waals surface area (Å²) in [5.74, 6) is 1.26. The molecule has 0 spiro atoms. The molecule has 0 aromatic carbocycles. The van der Waals surface area contributed by atoms with E-state index in [0.717, 1.165) is 25.6 Å². The quantitative estimate of drug-likeness (QED) is 0.733. The minimum absolute atomic E-state index is 0.143. The lowest BCUT2D eigenvalue weighted by Gasteiger charge is -2.23. The van der Waals surface area contributed by atoms with Crippen LogP contribution in [0.3, 0.4) is 0 Å². The molecular weight excluding hydrogens is 204 g/mol. The van der Waals surface area contributed by atoms with Gasteiger partial charge < -0.3 is 10.5 Å². The Morgan fingerprint density at radius 2 is 2.31 bits per heavy atom. The molecule has 90 valence electrons. The van der Waals surface area contributed by atoms with Crippen molar-refractivity contribution in [3.63, 3.8) is 0 Å². The van der Waals surface area contributed by atoms with E-state index in [2.05, 4.69) is 21.8 Å². The van der Waals surface area contributed by atoms with Crippen LogP contribution < -0.4 is 5.73 Å². The number of aromatic nitrogens is 2. The molecule has 0 saturated carbocycles. The molecule has 0 unspecified atom stereocenters. The summed E-state index contributed by atoms with van der Waals surface area (Å²) in [6.07, 6.45) is 1.69. The van der Waals surface area contributed by atoms with Crippen LogP contribution in [0.25, 0.3) is 0 Å². The van der Waals surface area contributed by atoms with Gasteiger partial charge in [0.15, 0.2) is 0 Å². The second-order valence-corrected chi connectivity index (χ2v) is 3.69. The summed E-state index contributed by atoms with van der Waals surface area (Å²) in [6, 6.07) is 1.83. The van der Waals surface area contributed by atoms with E-state index in [1.807, 2.05) is 14.0 Å². The van der Waals surface area contributed by atoms with Crippen LogP contribution in [0.2, 0.25) is 0 Å². The first-order chi connectivity index (χ1) is 7.65. The van der Waals surface area contributed by atoms with Crippen molar-refractivity contribution in [3.8, 4) is 0 Å². The van der Waals surface area contributed by atoms with Crippen LogP contribution in [0, 0.1) is 0 Å². The predicted octanol–water partition coefficient (Wildman–Crippen LogP) is 1.09. The summed E-state index contributed by atoms with van der Waals surface area (Å²) >= 11 is 0. The molecule has 0 bridgehead atoms. The van der Waals surface area contributed by atoms with Crippen LogP contribution in [0.5, 0.6) is 0 Å². The van der Waals surface area contributed by atoms with Crippen LogP contribution in [-0.2, 0) is 4.74 Å². The fourth-order valence-corrected chi connectivity index (χ4v) is 1.33. The molecule has 0 aliphatic heterocycles. The number of anilines is 1. The molecule has 0 aliphatic rings. The minimum Gasteiger partial charge on any atom is -0.384 e. The third kappa shape index (κ3) is 3.75. The largest absolute Gasteiger partial charge is 0.384 e. The third-order valence-electron chi connectivity index (χ3n) is 2.52. The van der Waals surface area contributed by atoms with E-state index in [9.17, 15) is 0 Å². The SMILES string of the molecule is CCOCCN(C)[C@H](C)c1nccc(N)n1. The number of hydrogen-bond donors (Lipinski definition) is 1. The van der Waals surface area contributed by atoms with Gasteiger partial charge in [-0.25, -0.2) is 9.97 Å². The number of hydrogen-bond acceptors (Lipinski definition) is 5. The molecule has 5 heteroatoms. The van der Waals surface area contributed by atoms with E-state index in [-0.39, 0.29) is 6.04 Å². The molecule has 0 saturated heterocycles. The molecule has 1 aromatic rings. The summed E-state index contributed by atoms with van der Waals surface area (Å²) < 4.78 is 5.31. The van der Waals surface area contributed by atoms with Gasteiger partial charge in [-0.3, -0.25) is 4.90 Å². The van der Waals surface area contributed by atoms with Crippen molar-refractivity contribution in [1.29, 1.82) is 0 Å². The lowest BCUT2D eigenvalue weighted by molar-refractivity contribution is 0.109. The first-order valence-electron chi connectivity index (χ1n) is 5.51. The maximum atomic E-state index is 5.62. The van der Waals surface area contributed by atoms with Gasteiger partial charge in [-0.15, -0.1) is 0 Å². The Bertz CT molecular complexity index is 319. The molecule has 0 fully saturated rings. The van der Waals surface area contributed by atoms with Crippen LogP contribution in [0.4, 0.5) is 5.82 Å². The minimum atomic E-state index is 0.143. The normalized spacial score (nSPS) is 13.0. The Morgan fingerprint density at radius 3 is 2.94 bits per heavy atom. The van der Waals surface area contributed by atoms with E-state index in [0.29, 0.717) is 5.82 Å². The number of rotatable bonds is 6. The van der Waals surface area contributed by atoms with Crippen molar-refractivity contribution in [3.05, 3.63) is 18.1 Å². The summed E-state index contributed by atoms with van der Waals surface area (Å²) in [7, 11) is 2.02. The van der Waals surface area contributed by atoms with Gasteiger partial charge in [0, 0.05) is 19.3 Å². The molecule has 1 rings (SSSR count). The number of ether oxygens (including phenoxy) is 1. The lowest BCUT2D eigenvalue weighted by Crippen LogP contribution is -2.27. The average molecular weight is 224 g/mol. The fraction of sp³-hybridized carbons (Fsp3) is 0.636. The van der Waals surface area contributed by atoms with Gasteiger partial charge in [-0.1, -0.05) is 0 Å². The highest BCUT2D eigenvalue weighted by Crippen LogP contribution is 2.14. The van der Waals surface area contributed by atoms with Gasteiger partial charge in [0.2, 0.25) is 0 Å². The molecule has 0 radical (unpaired) electrons. The van der Waals surface area contributed by atoms with Crippen LogP contribution in [-0.4, -0.2) is 41.7 Å². The Kier molecular flexibility index (Phi) is 5.14. The van der Waals surface area contributed by atoms with Crippen molar-refractivity contribution in [2.75, 3.05) is 32.5 Å². The smallest absolute Gasteiger partial charge is 0.147 e. The Morgan fingerprint density at radius 1 is 1.56 bits per heavy atom. The first-order valence-corrected chi connectivity index (χ1v) is 5.51. The van der Waals surface area contributed by atoms with Gasteiger partial charge >= 0.3 is 0 Å². The van der Waals surface area contributed by atoms with Gasteiger partial charge in [0.25, 0.3) is 0 Å². The van der Waals surface area contributed by atoms with E-state index in [1.54, 1.807) is 12.3 Å². The van der Waals surface area contributed by atoms with Crippen molar-refractivity contribution >= 4 is 5.82 Å². The van der Waals surface area contributed by atoms with Gasteiger partial charge in [0.1, 0.15) is 11.6 Å². The zero-order chi connectivity index (χ0) is 12.0. The summed E-state index contributed by atoms with van der Waals surface area (Å²) in [4.78, 5) is 10.6. The molecule has 0 aliphatic carbocycles. The average Bonchev–Trinajstić information content (AvgIpc) is 2.28. The molecule has 2 N–H and O–H groups in total. The maximum Gasteiger partial charge on any atom is 0.147 e. The zero-order valence-electron chi connectivity index (χ0n) is 10.2. The highest BCUT2D eigenvalue weighted by Gasteiger charge is 2.13. The molecule has 1 atom stereocenters. The van der Waals surface area contributed by atoms with E-state index in [4.69, 9.17) is 10.5 Å². The molecular formula is C11H20N4O. The zero-order valence-corrected chi connectivity index (χ0v) is 10.2. The first kappa shape index (κ1) is 12.9. The number of nitrogen functional groups attached to an aromatic ring is 1. The number of likely N-dealkylation sites (N-methyl/N-ethyl adjacent to an activating group) is 1. The van der Waals surface area contributed by atoms with Crippen molar-refractivity contribution in [1.82, 2.24) is 14.9 Å². The highest BCUT2D eigenvalue weighted by atomic mass is 16.5. The van der Waals surface area contributed by atoms with Crippen molar-refractivity contribution in [2.24, 2.45) is 0 Å².